The molecule has 0 unspecified atom stereocenters. The van der Waals surface area contributed by atoms with Crippen LogP contribution < -0.4 is 9.47 Å². The molecule has 33 heavy (non-hydrogen) atoms. The van der Waals surface area contributed by atoms with Crippen LogP contribution in [0.15, 0.2) is 47.4 Å². The van der Waals surface area contributed by atoms with Gasteiger partial charge in [-0.25, -0.2) is 13.2 Å². The zero-order chi connectivity index (χ0) is 23.6. The molecule has 4 rings (SSSR count). The van der Waals surface area contributed by atoms with E-state index in [1.807, 2.05) is 0 Å². The summed E-state index contributed by atoms with van der Waals surface area (Å²) in [6.45, 7) is 2.88. The Bertz CT molecular complexity index is 1150. The molecule has 2 aromatic rings. The average Bonchev–Trinajstić information content (AvgIpc) is 2.84. The average molecular weight is 495 g/mol. The maximum Gasteiger partial charge on any atom is 0.339 e. The second-order valence-electron chi connectivity index (χ2n) is 7.57. The summed E-state index contributed by atoms with van der Waals surface area (Å²) >= 11 is 6.17. The van der Waals surface area contributed by atoms with E-state index in [0.29, 0.717) is 24.7 Å². The van der Waals surface area contributed by atoms with Gasteiger partial charge in [-0.2, -0.15) is 4.31 Å². The number of ether oxygens (including phenoxy) is 3. The van der Waals surface area contributed by atoms with E-state index in [-0.39, 0.29) is 41.7 Å². The highest BCUT2D eigenvalue weighted by Crippen LogP contribution is 2.38. The lowest BCUT2D eigenvalue weighted by Crippen LogP contribution is -2.52. The first-order chi connectivity index (χ1) is 15.8. The number of rotatable bonds is 5. The molecule has 1 atom stereocenters. The Morgan fingerprint density at radius 1 is 1.03 bits per heavy atom. The Labute approximate surface area is 196 Å². The van der Waals surface area contributed by atoms with Gasteiger partial charge in [-0.15, -0.1) is 0 Å². The van der Waals surface area contributed by atoms with E-state index in [0.717, 1.165) is 0 Å². The Morgan fingerprint density at radius 3 is 2.39 bits per heavy atom. The van der Waals surface area contributed by atoms with Crippen LogP contribution in [0.5, 0.6) is 11.5 Å². The van der Waals surface area contributed by atoms with Gasteiger partial charge in [0.15, 0.2) is 17.6 Å². The molecule has 2 aromatic carbocycles. The number of hydrogen-bond acceptors (Lipinski definition) is 7. The summed E-state index contributed by atoms with van der Waals surface area (Å²) in [4.78, 5) is 27.1. The van der Waals surface area contributed by atoms with E-state index in [4.69, 9.17) is 25.8 Å². The number of amides is 1. The summed E-state index contributed by atoms with van der Waals surface area (Å²) in [7, 11) is -3.62. The van der Waals surface area contributed by atoms with Crippen LogP contribution in [0, 0.1) is 0 Å². The molecule has 176 valence electrons. The van der Waals surface area contributed by atoms with E-state index in [2.05, 4.69) is 0 Å². The van der Waals surface area contributed by atoms with Crippen LogP contribution >= 0.6 is 11.6 Å². The quantitative estimate of drug-likeness (QED) is 0.587. The molecule has 2 aliphatic heterocycles. The SMILES string of the molecule is C[C@H](OC(=O)c1cc(Cl)c2c(c1)OCCO2)C(=O)N1CCN(S(=O)(=O)c2ccccc2)CC1. The number of nitrogens with zero attached hydrogens (tertiary/aromatic N) is 2. The highest BCUT2D eigenvalue weighted by atomic mass is 35.5. The van der Waals surface area contributed by atoms with Gasteiger partial charge in [0.2, 0.25) is 10.0 Å². The highest BCUT2D eigenvalue weighted by Gasteiger charge is 2.32. The van der Waals surface area contributed by atoms with Crippen molar-refractivity contribution >= 4 is 33.5 Å². The summed E-state index contributed by atoms with van der Waals surface area (Å²) < 4.78 is 43.1. The fourth-order valence-electron chi connectivity index (χ4n) is 3.66. The number of esters is 1. The molecule has 1 fully saturated rings. The molecule has 0 aromatic heterocycles. The summed E-state index contributed by atoms with van der Waals surface area (Å²) in [5.41, 5.74) is 0.141. The number of hydrogen-bond donors (Lipinski definition) is 0. The molecule has 9 nitrogen and oxygen atoms in total. The minimum Gasteiger partial charge on any atom is -0.486 e. The third-order valence-electron chi connectivity index (χ3n) is 5.40. The monoisotopic (exact) mass is 494 g/mol. The Kier molecular flexibility index (Phi) is 6.78. The maximum atomic E-state index is 12.8. The molecule has 0 aliphatic carbocycles. The minimum absolute atomic E-state index is 0.141. The van der Waals surface area contributed by atoms with Gasteiger partial charge in [-0.3, -0.25) is 4.79 Å². The van der Waals surface area contributed by atoms with Gasteiger partial charge in [0.05, 0.1) is 15.5 Å². The van der Waals surface area contributed by atoms with Crippen molar-refractivity contribution in [2.45, 2.75) is 17.9 Å². The van der Waals surface area contributed by atoms with Crippen molar-refractivity contribution < 1.29 is 32.2 Å². The van der Waals surface area contributed by atoms with E-state index in [9.17, 15) is 18.0 Å². The third-order valence-corrected chi connectivity index (χ3v) is 7.59. The van der Waals surface area contributed by atoms with Crippen molar-refractivity contribution in [2.24, 2.45) is 0 Å². The zero-order valence-corrected chi connectivity index (χ0v) is 19.5. The lowest BCUT2D eigenvalue weighted by atomic mass is 10.2. The molecule has 11 heteroatoms. The number of fused-ring (bicyclic) bond motifs is 1. The fourth-order valence-corrected chi connectivity index (χ4v) is 5.36. The third kappa shape index (κ3) is 4.92. The Hall–Kier alpha value is -2.82. The molecule has 0 saturated carbocycles. The van der Waals surface area contributed by atoms with E-state index >= 15 is 0 Å². The van der Waals surface area contributed by atoms with Crippen molar-refractivity contribution in [2.75, 3.05) is 39.4 Å². The molecule has 2 heterocycles. The molecule has 0 bridgehead atoms. The second-order valence-corrected chi connectivity index (χ2v) is 9.92. The number of sulfonamides is 1. The number of halogens is 1. The number of carbonyl (C=O) groups excluding carboxylic acids is 2. The maximum absolute atomic E-state index is 12.8. The van der Waals surface area contributed by atoms with Crippen LogP contribution in [0.2, 0.25) is 5.02 Å². The first-order valence-electron chi connectivity index (χ1n) is 10.4. The molecule has 1 saturated heterocycles. The molecule has 0 radical (unpaired) electrons. The summed E-state index contributed by atoms with van der Waals surface area (Å²) in [6.07, 6.45) is -1.05. The molecular weight excluding hydrogens is 472 g/mol. The van der Waals surface area contributed by atoms with Crippen LogP contribution in [0.4, 0.5) is 0 Å². The van der Waals surface area contributed by atoms with Gasteiger partial charge in [-0.1, -0.05) is 29.8 Å². The molecule has 0 N–H and O–H groups in total. The first kappa shape index (κ1) is 23.3. The van der Waals surface area contributed by atoms with Gasteiger partial charge in [0.1, 0.15) is 13.2 Å². The van der Waals surface area contributed by atoms with Crippen molar-refractivity contribution in [3.8, 4) is 11.5 Å². The number of benzene rings is 2. The smallest absolute Gasteiger partial charge is 0.339 e. The van der Waals surface area contributed by atoms with Crippen molar-refractivity contribution in [1.29, 1.82) is 0 Å². The number of piperazine rings is 1. The highest BCUT2D eigenvalue weighted by molar-refractivity contribution is 7.89. The largest absolute Gasteiger partial charge is 0.486 e. The second kappa shape index (κ2) is 9.58. The summed E-state index contributed by atoms with van der Waals surface area (Å²) in [6, 6.07) is 11.0. The number of carbonyl (C=O) groups is 2. The van der Waals surface area contributed by atoms with Crippen molar-refractivity contribution in [3.63, 3.8) is 0 Å². The van der Waals surface area contributed by atoms with E-state index in [1.165, 1.54) is 28.3 Å². The molecule has 0 spiro atoms. The van der Waals surface area contributed by atoms with Gasteiger partial charge in [-0.05, 0) is 31.2 Å². The predicted molar refractivity (Wildman–Crippen MR) is 119 cm³/mol. The molecular formula is C22H23ClN2O7S. The van der Waals surface area contributed by atoms with Crippen LogP contribution in [0.3, 0.4) is 0 Å². The van der Waals surface area contributed by atoms with Crippen LogP contribution in [0.25, 0.3) is 0 Å². The van der Waals surface area contributed by atoms with Crippen molar-refractivity contribution in [3.05, 3.63) is 53.1 Å². The molecule has 1 amide bonds. The predicted octanol–water partition coefficient (Wildman–Crippen LogP) is 2.19. The first-order valence-corrected chi connectivity index (χ1v) is 12.2. The van der Waals surface area contributed by atoms with Gasteiger partial charge in [0.25, 0.3) is 5.91 Å². The van der Waals surface area contributed by atoms with Crippen LogP contribution in [-0.2, 0) is 19.6 Å². The topological polar surface area (TPSA) is 102 Å². The van der Waals surface area contributed by atoms with Crippen LogP contribution in [-0.4, -0.2) is 75.0 Å². The Balaban J connectivity index is 1.36. The lowest BCUT2D eigenvalue weighted by Gasteiger charge is -2.35. The summed E-state index contributed by atoms with van der Waals surface area (Å²) in [5.74, 6) is -0.411. The van der Waals surface area contributed by atoms with Gasteiger partial charge >= 0.3 is 5.97 Å². The normalized spacial score (nSPS) is 17.3. The minimum atomic E-state index is -3.62. The van der Waals surface area contributed by atoms with E-state index in [1.54, 1.807) is 30.3 Å². The standard InChI is InChI=1S/C22H23ClN2O7S/c1-15(32-22(27)16-13-18(23)20-19(14-16)30-11-12-31-20)21(26)24-7-9-25(10-8-24)33(28,29)17-5-3-2-4-6-17/h2-6,13-15H,7-12H2,1H3/t15-/m0/s1. The van der Waals surface area contributed by atoms with Gasteiger partial charge < -0.3 is 19.1 Å². The zero-order valence-electron chi connectivity index (χ0n) is 17.9. The van der Waals surface area contributed by atoms with Crippen LogP contribution in [0.1, 0.15) is 17.3 Å². The Morgan fingerprint density at radius 2 is 1.70 bits per heavy atom. The van der Waals surface area contributed by atoms with Crippen molar-refractivity contribution in [1.82, 2.24) is 9.21 Å². The lowest BCUT2D eigenvalue weighted by molar-refractivity contribution is -0.141. The molecule has 2 aliphatic rings. The fraction of sp³-hybridized carbons (Fsp3) is 0.364. The van der Waals surface area contributed by atoms with E-state index < -0.39 is 28.0 Å². The summed E-state index contributed by atoms with van der Waals surface area (Å²) in [5, 5.41) is 0.217. The van der Waals surface area contributed by atoms with Gasteiger partial charge in [0, 0.05) is 26.2 Å².